The number of rotatable bonds is 3. The van der Waals surface area contributed by atoms with Crippen molar-refractivity contribution < 1.29 is 19.1 Å². The summed E-state index contributed by atoms with van der Waals surface area (Å²) in [6.45, 7) is 1.73. The maximum Gasteiger partial charge on any atom is 0.337 e. The van der Waals surface area contributed by atoms with E-state index in [1.165, 1.54) is 18.3 Å². The van der Waals surface area contributed by atoms with Gasteiger partial charge in [-0.1, -0.05) is 0 Å². The largest absolute Gasteiger partial charge is 0.478 e. The summed E-state index contributed by atoms with van der Waals surface area (Å²) >= 11 is 0. The molecule has 2 N–H and O–H groups in total. The number of aromatic nitrogens is 1. The summed E-state index contributed by atoms with van der Waals surface area (Å²) in [7, 11) is 0. The molecule has 2 heterocycles. The molecule has 0 aromatic carbocycles. The maximum absolute atomic E-state index is 11.7. The van der Waals surface area contributed by atoms with Crippen molar-refractivity contribution in [1.29, 1.82) is 0 Å². The lowest BCUT2D eigenvalue weighted by Crippen LogP contribution is -2.12. The van der Waals surface area contributed by atoms with Gasteiger partial charge in [0, 0.05) is 6.20 Å². The minimum atomic E-state index is -1.07. The quantitative estimate of drug-likeness (QED) is 0.863. The van der Waals surface area contributed by atoms with Crippen molar-refractivity contribution >= 4 is 17.7 Å². The summed E-state index contributed by atoms with van der Waals surface area (Å²) in [5.74, 6) is -0.425. The zero-order chi connectivity index (χ0) is 13.1. The first-order valence-electron chi connectivity index (χ1n) is 5.13. The summed E-state index contributed by atoms with van der Waals surface area (Å²) in [5.41, 5.74) is 0.0573. The number of aryl methyl sites for hydroxylation is 1. The van der Waals surface area contributed by atoms with Crippen LogP contribution in [0.4, 0.5) is 5.82 Å². The van der Waals surface area contributed by atoms with Crippen molar-refractivity contribution in [2.45, 2.75) is 6.92 Å². The minimum Gasteiger partial charge on any atom is -0.478 e. The highest BCUT2D eigenvalue weighted by Crippen LogP contribution is 2.10. The van der Waals surface area contributed by atoms with Gasteiger partial charge in [-0.3, -0.25) is 4.79 Å². The van der Waals surface area contributed by atoms with Gasteiger partial charge in [0.05, 0.1) is 5.56 Å². The fraction of sp³-hybridized carbons (Fsp3) is 0.0833. The van der Waals surface area contributed by atoms with E-state index in [1.54, 1.807) is 19.1 Å². The number of hydrogen-bond donors (Lipinski definition) is 2. The third-order valence-corrected chi connectivity index (χ3v) is 2.22. The first kappa shape index (κ1) is 11.8. The normalized spacial score (nSPS) is 10.1. The zero-order valence-corrected chi connectivity index (χ0v) is 9.51. The van der Waals surface area contributed by atoms with Crippen LogP contribution in [0.3, 0.4) is 0 Å². The Hall–Kier alpha value is -2.63. The number of hydrogen-bond acceptors (Lipinski definition) is 4. The number of amides is 1. The summed E-state index contributed by atoms with van der Waals surface area (Å²) < 4.78 is 5.15. The maximum atomic E-state index is 11.7. The van der Waals surface area contributed by atoms with E-state index in [2.05, 4.69) is 10.3 Å². The molecule has 0 saturated heterocycles. The molecule has 18 heavy (non-hydrogen) atoms. The van der Waals surface area contributed by atoms with Crippen molar-refractivity contribution in [2.24, 2.45) is 0 Å². The molecule has 6 heteroatoms. The van der Waals surface area contributed by atoms with E-state index >= 15 is 0 Å². The first-order valence-corrected chi connectivity index (χ1v) is 5.13. The standard InChI is InChI=1S/C12H10N2O4/c1-7-2-4-9(18-7)11(15)14-10-5-3-8(6-13-10)12(16)17/h2-6H,1H3,(H,16,17)(H,13,14,15). The van der Waals surface area contributed by atoms with Crippen LogP contribution in [0.15, 0.2) is 34.9 Å². The number of carbonyl (C=O) groups is 2. The van der Waals surface area contributed by atoms with Crippen LogP contribution in [0.5, 0.6) is 0 Å². The lowest BCUT2D eigenvalue weighted by Gasteiger charge is -2.02. The fourth-order valence-electron chi connectivity index (χ4n) is 1.33. The van der Waals surface area contributed by atoms with Gasteiger partial charge in [-0.15, -0.1) is 0 Å². The van der Waals surface area contributed by atoms with Crippen molar-refractivity contribution in [2.75, 3.05) is 5.32 Å². The Kier molecular flexibility index (Phi) is 3.09. The third kappa shape index (κ3) is 2.54. The highest BCUT2D eigenvalue weighted by atomic mass is 16.4. The predicted octanol–water partition coefficient (Wildman–Crippen LogP) is 1.93. The van der Waals surface area contributed by atoms with E-state index in [0.717, 1.165) is 0 Å². The van der Waals surface area contributed by atoms with Crippen molar-refractivity contribution in [3.05, 3.63) is 47.5 Å². The molecular formula is C12H10N2O4. The summed E-state index contributed by atoms with van der Waals surface area (Å²) in [5, 5.41) is 11.2. The number of anilines is 1. The van der Waals surface area contributed by atoms with E-state index in [0.29, 0.717) is 5.76 Å². The number of pyridine rings is 1. The van der Waals surface area contributed by atoms with E-state index < -0.39 is 11.9 Å². The Balaban J connectivity index is 2.10. The molecule has 0 aliphatic rings. The Morgan fingerprint density at radius 1 is 1.28 bits per heavy atom. The molecule has 92 valence electrons. The second-order valence-corrected chi connectivity index (χ2v) is 3.60. The Labute approximate surface area is 102 Å². The van der Waals surface area contributed by atoms with Crippen LogP contribution >= 0.6 is 0 Å². The average molecular weight is 246 g/mol. The molecule has 0 atom stereocenters. The molecule has 0 aliphatic heterocycles. The van der Waals surface area contributed by atoms with Gasteiger partial charge in [0.15, 0.2) is 5.76 Å². The Morgan fingerprint density at radius 3 is 2.56 bits per heavy atom. The van der Waals surface area contributed by atoms with E-state index in [-0.39, 0.29) is 17.1 Å². The van der Waals surface area contributed by atoms with Crippen LogP contribution in [-0.4, -0.2) is 22.0 Å². The van der Waals surface area contributed by atoms with E-state index in [1.807, 2.05) is 0 Å². The van der Waals surface area contributed by atoms with Crippen LogP contribution in [0.2, 0.25) is 0 Å². The molecule has 0 radical (unpaired) electrons. The number of carboxylic acids is 1. The summed E-state index contributed by atoms with van der Waals surface area (Å²) in [4.78, 5) is 26.1. The average Bonchev–Trinajstić information content (AvgIpc) is 2.76. The number of carboxylic acid groups (broad SMARTS) is 1. The topological polar surface area (TPSA) is 92.4 Å². The van der Waals surface area contributed by atoms with Gasteiger partial charge in [0.1, 0.15) is 11.6 Å². The minimum absolute atomic E-state index is 0.0573. The highest BCUT2D eigenvalue weighted by Gasteiger charge is 2.11. The molecule has 6 nitrogen and oxygen atoms in total. The van der Waals surface area contributed by atoms with Crippen LogP contribution < -0.4 is 5.32 Å². The van der Waals surface area contributed by atoms with Gasteiger partial charge < -0.3 is 14.8 Å². The number of aromatic carboxylic acids is 1. The number of nitrogens with one attached hydrogen (secondary N) is 1. The molecule has 0 saturated carbocycles. The van der Waals surface area contributed by atoms with Gasteiger partial charge in [-0.05, 0) is 31.2 Å². The number of carbonyl (C=O) groups excluding carboxylic acids is 1. The lowest BCUT2D eigenvalue weighted by atomic mass is 10.3. The van der Waals surface area contributed by atoms with Gasteiger partial charge in [0.2, 0.25) is 0 Å². The van der Waals surface area contributed by atoms with Crippen molar-refractivity contribution in [3.8, 4) is 0 Å². The van der Waals surface area contributed by atoms with Crippen LogP contribution in [0, 0.1) is 6.92 Å². The van der Waals surface area contributed by atoms with Gasteiger partial charge in [0.25, 0.3) is 5.91 Å². The molecule has 0 unspecified atom stereocenters. The molecule has 1 amide bonds. The Morgan fingerprint density at radius 2 is 2.06 bits per heavy atom. The zero-order valence-electron chi connectivity index (χ0n) is 9.51. The molecule has 2 aromatic heterocycles. The van der Waals surface area contributed by atoms with Gasteiger partial charge >= 0.3 is 5.97 Å². The molecule has 2 rings (SSSR count). The fourth-order valence-corrected chi connectivity index (χ4v) is 1.33. The SMILES string of the molecule is Cc1ccc(C(=O)Nc2ccc(C(=O)O)cn2)o1. The smallest absolute Gasteiger partial charge is 0.337 e. The third-order valence-electron chi connectivity index (χ3n) is 2.22. The lowest BCUT2D eigenvalue weighted by molar-refractivity contribution is 0.0696. The van der Waals surface area contributed by atoms with E-state index in [4.69, 9.17) is 9.52 Å². The van der Waals surface area contributed by atoms with Crippen LogP contribution in [0.25, 0.3) is 0 Å². The second kappa shape index (κ2) is 4.70. The van der Waals surface area contributed by atoms with Crippen molar-refractivity contribution in [1.82, 2.24) is 4.98 Å². The van der Waals surface area contributed by atoms with E-state index in [9.17, 15) is 9.59 Å². The summed E-state index contributed by atoms with van der Waals surface area (Å²) in [6.07, 6.45) is 1.17. The predicted molar refractivity (Wildman–Crippen MR) is 62.6 cm³/mol. The molecule has 0 bridgehead atoms. The number of furan rings is 1. The molecule has 0 spiro atoms. The number of nitrogens with zero attached hydrogens (tertiary/aromatic N) is 1. The summed E-state index contributed by atoms with van der Waals surface area (Å²) in [6, 6.07) is 6.00. The van der Waals surface area contributed by atoms with Crippen molar-refractivity contribution in [3.63, 3.8) is 0 Å². The molecule has 0 fully saturated rings. The monoisotopic (exact) mass is 246 g/mol. The van der Waals surface area contributed by atoms with Gasteiger partial charge in [-0.25, -0.2) is 9.78 Å². The van der Waals surface area contributed by atoms with Gasteiger partial charge in [-0.2, -0.15) is 0 Å². The first-order chi connectivity index (χ1) is 8.56. The molecular weight excluding hydrogens is 236 g/mol. The Bertz CT molecular complexity index is 586. The molecule has 0 aliphatic carbocycles. The molecule has 2 aromatic rings. The van der Waals surface area contributed by atoms with Crippen LogP contribution in [-0.2, 0) is 0 Å². The second-order valence-electron chi connectivity index (χ2n) is 3.60. The highest BCUT2D eigenvalue weighted by molar-refractivity contribution is 6.01. The van der Waals surface area contributed by atoms with Crippen LogP contribution in [0.1, 0.15) is 26.7 Å².